The second kappa shape index (κ2) is 2.77. The number of pyridine rings is 1. The zero-order valence-electron chi connectivity index (χ0n) is 6.79. The van der Waals surface area contributed by atoms with Gasteiger partial charge in [-0.1, -0.05) is 0 Å². The second-order valence-electron chi connectivity index (χ2n) is 2.71. The summed E-state index contributed by atoms with van der Waals surface area (Å²) >= 11 is 0. The Hall–Kier alpha value is -1.06. The average molecular weight is 176 g/mol. The van der Waals surface area contributed by atoms with Gasteiger partial charge in [0, 0.05) is 12.5 Å². The summed E-state index contributed by atoms with van der Waals surface area (Å²) in [6, 6.07) is 1.13. The molecule has 0 aliphatic heterocycles. The van der Waals surface area contributed by atoms with Crippen molar-refractivity contribution in [2.45, 2.75) is 20.0 Å². The van der Waals surface area contributed by atoms with Crippen molar-refractivity contribution in [1.82, 2.24) is 0 Å². The van der Waals surface area contributed by atoms with Crippen LogP contribution in [0.4, 0.5) is 13.2 Å². The molecule has 1 rings (SSSR count). The largest absolute Gasteiger partial charge is 0.422 e. The normalized spacial score (nSPS) is 11.8. The van der Waals surface area contributed by atoms with Gasteiger partial charge in [-0.15, -0.1) is 0 Å². The summed E-state index contributed by atoms with van der Waals surface area (Å²) in [6.07, 6.45) is -2.71. The molecule has 1 N–H and O–H groups in total. The van der Waals surface area contributed by atoms with Gasteiger partial charge in [0.25, 0.3) is 0 Å². The van der Waals surface area contributed by atoms with E-state index in [0.717, 1.165) is 6.07 Å². The average Bonchev–Trinajstić information content (AvgIpc) is 1.92. The highest BCUT2D eigenvalue weighted by Crippen LogP contribution is 2.30. The van der Waals surface area contributed by atoms with Crippen molar-refractivity contribution < 1.29 is 18.2 Å². The molecule has 0 aliphatic carbocycles. The summed E-state index contributed by atoms with van der Waals surface area (Å²) in [5.74, 6) is 0. The van der Waals surface area contributed by atoms with E-state index in [1.54, 1.807) is 13.1 Å². The van der Waals surface area contributed by atoms with Crippen molar-refractivity contribution in [3.05, 3.63) is 29.1 Å². The van der Waals surface area contributed by atoms with Gasteiger partial charge in [0.15, 0.2) is 11.9 Å². The van der Waals surface area contributed by atoms with Crippen LogP contribution in [0.5, 0.6) is 0 Å². The Morgan fingerprint density at radius 2 is 1.83 bits per heavy atom. The number of alkyl halides is 3. The van der Waals surface area contributed by atoms with Gasteiger partial charge in [-0.2, -0.15) is 13.2 Å². The van der Waals surface area contributed by atoms with E-state index in [-0.39, 0.29) is 5.69 Å². The van der Waals surface area contributed by atoms with Gasteiger partial charge in [-0.3, -0.25) is 0 Å². The van der Waals surface area contributed by atoms with Gasteiger partial charge in [0.05, 0.1) is 0 Å². The van der Waals surface area contributed by atoms with E-state index in [0.29, 0.717) is 5.56 Å². The maximum atomic E-state index is 12.2. The molecule has 0 unspecified atom stereocenters. The Bertz CT molecular complexity index is 291. The molecular formula is C8H9F3N+. The quantitative estimate of drug-likeness (QED) is 0.575. The lowest BCUT2D eigenvalue weighted by atomic mass is 10.1. The zero-order valence-corrected chi connectivity index (χ0v) is 6.79. The number of H-pyrrole nitrogens is 1. The minimum absolute atomic E-state index is 0.146. The lowest BCUT2D eigenvalue weighted by Gasteiger charge is -2.05. The SMILES string of the molecule is Cc1c[nH+]c(C)c(C(F)(F)F)c1. The summed E-state index contributed by atoms with van der Waals surface area (Å²) in [5.41, 5.74) is 0.128. The Morgan fingerprint density at radius 3 is 2.25 bits per heavy atom. The molecule has 12 heavy (non-hydrogen) atoms. The number of halogens is 3. The van der Waals surface area contributed by atoms with E-state index >= 15 is 0 Å². The molecule has 0 radical (unpaired) electrons. The highest BCUT2D eigenvalue weighted by Gasteiger charge is 2.35. The van der Waals surface area contributed by atoms with Gasteiger partial charge in [-0.25, -0.2) is 4.98 Å². The minimum atomic E-state index is -4.26. The molecule has 0 saturated carbocycles. The maximum Gasteiger partial charge on any atom is 0.422 e. The lowest BCUT2D eigenvalue weighted by molar-refractivity contribution is -0.391. The lowest BCUT2D eigenvalue weighted by Crippen LogP contribution is -2.17. The summed E-state index contributed by atoms with van der Waals surface area (Å²) in [6.45, 7) is 3.02. The molecule has 0 fully saturated rings. The van der Waals surface area contributed by atoms with E-state index in [9.17, 15) is 13.2 Å². The van der Waals surface area contributed by atoms with Crippen molar-refractivity contribution in [2.75, 3.05) is 0 Å². The number of rotatable bonds is 0. The van der Waals surface area contributed by atoms with Crippen LogP contribution in [0.25, 0.3) is 0 Å². The smallest absolute Gasteiger partial charge is 0.215 e. The van der Waals surface area contributed by atoms with Gasteiger partial charge >= 0.3 is 6.18 Å². The fraction of sp³-hybridized carbons (Fsp3) is 0.375. The highest BCUT2D eigenvalue weighted by molar-refractivity contribution is 5.22. The van der Waals surface area contributed by atoms with E-state index in [2.05, 4.69) is 4.98 Å². The summed E-state index contributed by atoms with van der Waals surface area (Å²) in [7, 11) is 0. The molecule has 0 amide bonds. The van der Waals surface area contributed by atoms with E-state index in [4.69, 9.17) is 0 Å². The number of aryl methyl sites for hydroxylation is 2. The standard InChI is InChI=1S/C8H8F3N/c1-5-3-7(8(9,10)11)6(2)12-4-5/h3-4H,1-2H3/p+1. The zero-order chi connectivity index (χ0) is 9.35. The molecule has 0 bridgehead atoms. The van der Waals surface area contributed by atoms with Crippen molar-refractivity contribution in [3.63, 3.8) is 0 Å². The molecule has 0 aliphatic rings. The van der Waals surface area contributed by atoms with Gasteiger partial charge in [-0.05, 0) is 13.0 Å². The Balaban J connectivity index is 3.23. The fourth-order valence-corrected chi connectivity index (χ4v) is 0.972. The van der Waals surface area contributed by atoms with E-state index < -0.39 is 11.7 Å². The Morgan fingerprint density at radius 1 is 1.25 bits per heavy atom. The second-order valence-corrected chi connectivity index (χ2v) is 2.71. The van der Waals surface area contributed by atoms with Gasteiger partial charge < -0.3 is 0 Å². The van der Waals surface area contributed by atoms with Crippen LogP contribution in [0.1, 0.15) is 16.8 Å². The third-order valence-electron chi connectivity index (χ3n) is 1.60. The first kappa shape index (κ1) is 9.03. The number of hydrogen-bond acceptors (Lipinski definition) is 0. The van der Waals surface area contributed by atoms with Crippen LogP contribution < -0.4 is 4.98 Å². The van der Waals surface area contributed by atoms with Gasteiger partial charge in [0.1, 0.15) is 5.56 Å². The number of hydrogen-bond donors (Lipinski definition) is 0. The molecular weight excluding hydrogens is 167 g/mol. The van der Waals surface area contributed by atoms with Crippen LogP contribution in [0.3, 0.4) is 0 Å². The summed E-state index contributed by atoms with van der Waals surface area (Å²) in [4.78, 5) is 2.55. The third-order valence-corrected chi connectivity index (χ3v) is 1.60. The first-order chi connectivity index (χ1) is 5.41. The molecule has 0 atom stereocenters. The van der Waals surface area contributed by atoms with Crippen LogP contribution in [-0.2, 0) is 6.18 Å². The van der Waals surface area contributed by atoms with Crippen molar-refractivity contribution in [2.24, 2.45) is 0 Å². The van der Waals surface area contributed by atoms with Crippen molar-refractivity contribution in [3.8, 4) is 0 Å². The third kappa shape index (κ3) is 1.75. The van der Waals surface area contributed by atoms with Crippen LogP contribution in [-0.4, -0.2) is 0 Å². The van der Waals surface area contributed by atoms with E-state index in [1.165, 1.54) is 6.92 Å². The van der Waals surface area contributed by atoms with Crippen molar-refractivity contribution in [1.29, 1.82) is 0 Å². The Kier molecular flexibility index (Phi) is 2.08. The molecule has 0 spiro atoms. The van der Waals surface area contributed by atoms with Crippen molar-refractivity contribution >= 4 is 0 Å². The monoisotopic (exact) mass is 176 g/mol. The van der Waals surface area contributed by atoms with Gasteiger partial charge in [0.2, 0.25) is 0 Å². The molecule has 1 nitrogen and oxygen atoms in total. The number of aromatic nitrogens is 1. The Labute approximate surface area is 68.2 Å². The highest BCUT2D eigenvalue weighted by atomic mass is 19.4. The van der Waals surface area contributed by atoms with Crippen LogP contribution in [0.2, 0.25) is 0 Å². The van der Waals surface area contributed by atoms with E-state index in [1.807, 2.05) is 0 Å². The van der Waals surface area contributed by atoms with Crippen LogP contribution >= 0.6 is 0 Å². The number of nitrogens with one attached hydrogen (secondary N) is 1. The predicted octanol–water partition coefficient (Wildman–Crippen LogP) is 2.14. The first-order valence-corrected chi connectivity index (χ1v) is 3.47. The molecule has 66 valence electrons. The first-order valence-electron chi connectivity index (χ1n) is 3.47. The molecule has 0 aromatic carbocycles. The predicted molar refractivity (Wildman–Crippen MR) is 37.5 cm³/mol. The molecule has 1 heterocycles. The summed E-state index contributed by atoms with van der Waals surface area (Å²) < 4.78 is 36.6. The molecule has 0 saturated heterocycles. The maximum absolute atomic E-state index is 12.2. The van der Waals surface area contributed by atoms with Crippen LogP contribution in [0, 0.1) is 13.8 Å². The fourth-order valence-electron chi connectivity index (χ4n) is 0.972. The minimum Gasteiger partial charge on any atom is -0.215 e. The van der Waals surface area contributed by atoms with Crippen LogP contribution in [0.15, 0.2) is 12.3 Å². The molecule has 4 heteroatoms. The number of aromatic amines is 1. The molecule has 1 aromatic heterocycles. The molecule has 1 aromatic rings. The summed E-state index contributed by atoms with van der Waals surface area (Å²) in [5, 5.41) is 0. The topological polar surface area (TPSA) is 14.1 Å².